The number of rotatable bonds is 5. The lowest BCUT2D eigenvalue weighted by molar-refractivity contribution is 0.368. The van der Waals surface area contributed by atoms with E-state index in [1.165, 1.54) is 6.07 Å². The molecule has 20 heavy (non-hydrogen) atoms. The number of hydrogen-bond acceptors (Lipinski definition) is 3. The van der Waals surface area contributed by atoms with Crippen LogP contribution >= 0.6 is 0 Å². The van der Waals surface area contributed by atoms with Crippen molar-refractivity contribution in [1.29, 1.82) is 5.26 Å². The lowest BCUT2D eigenvalue weighted by Crippen LogP contribution is -2.00. The Morgan fingerprint density at radius 3 is 2.60 bits per heavy atom. The summed E-state index contributed by atoms with van der Waals surface area (Å²) in [4.78, 5) is 0. The van der Waals surface area contributed by atoms with Gasteiger partial charge in [0, 0.05) is 12.2 Å². The van der Waals surface area contributed by atoms with Gasteiger partial charge in [0.2, 0.25) is 0 Å². The van der Waals surface area contributed by atoms with Gasteiger partial charge in [0.1, 0.15) is 17.6 Å². The second-order valence-electron chi connectivity index (χ2n) is 4.41. The fourth-order valence-electron chi connectivity index (χ4n) is 1.78. The topological polar surface area (TPSA) is 45.0 Å². The lowest BCUT2D eigenvalue weighted by atomic mass is 10.2. The van der Waals surface area contributed by atoms with E-state index in [0.29, 0.717) is 17.9 Å². The van der Waals surface area contributed by atoms with E-state index in [-0.39, 0.29) is 12.4 Å². The minimum absolute atomic E-state index is 0.0481. The smallest absolute Gasteiger partial charge is 0.174 e. The number of halogens is 1. The van der Waals surface area contributed by atoms with Crippen LogP contribution in [0.1, 0.15) is 11.1 Å². The molecule has 4 heteroatoms. The molecule has 0 atom stereocenters. The molecule has 0 aliphatic carbocycles. The quantitative estimate of drug-likeness (QED) is 0.902. The molecule has 1 N–H and O–H groups in total. The number of anilines is 1. The first-order chi connectivity index (χ1) is 9.69. The number of ether oxygens (including phenoxy) is 1. The standard InChI is InChI=1S/C16H15FN2O/c1-12-10-14(4-7-16(12)17)19-11-13-2-5-15(6-3-13)20-9-8-18/h2-7,10,19H,9,11H2,1H3. The molecular formula is C16H15FN2O. The van der Waals surface area contributed by atoms with Gasteiger partial charge in [-0.2, -0.15) is 5.26 Å². The summed E-state index contributed by atoms with van der Waals surface area (Å²) in [6.45, 7) is 2.43. The van der Waals surface area contributed by atoms with Crippen LogP contribution in [-0.2, 0) is 6.54 Å². The average molecular weight is 270 g/mol. The van der Waals surface area contributed by atoms with E-state index >= 15 is 0 Å². The SMILES string of the molecule is Cc1cc(NCc2ccc(OCC#N)cc2)ccc1F. The normalized spacial score (nSPS) is 9.85. The molecule has 0 bridgehead atoms. The van der Waals surface area contributed by atoms with Crippen molar-refractivity contribution in [2.75, 3.05) is 11.9 Å². The third-order valence-electron chi connectivity index (χ3n) is 2.88. The fourth-order valence-corrected chi connectivity index (χ4v) is 1.78. The van der Waals surface area contributed by atoms with Crippen LogP contribution in [0.15, 0.2) is 42.5 Å². The van der Waals surface area contributed by atoms with Crippen molar-refractivity contribution in [3.63, 3.8) is 0 Å². The Labute approximate surface area is 117 Å². The van der Waals surface area contributed by atoms with Crippen LogP contribution < -0.4 is 10.1 Å². The second kappa shape index (κ2) is 6.58. The number of nitrogens with zero attached hydrogens (tertiary/aromatic N) is 1. The van der Waals surface area contributed by atoms with Gasteiger partial charge in [0.15, 0.2) is 6.61 Å². The highest BCUT2D eigenvalue weighted by atomic mass is 19.1. The van der Waals surface area contributed by atoms with Gasteiger partial charge in [0.05, 0.1) is 0 Å². The van der Waals surface area contributed by atoms with Crippen LogP contribution in [0.25, 0.3) is 0 Å². The van der Waals surface area contributed by atoms with E-state index in [4.69, 9.17) is 10.00 Å². The first-order valence-electron chi connectivity index (χ1n) is 6.28. The van der Waals surface area contributed by atoms with Crippen LogP contribution in [0.4, 0.5) is 10.1 Å². The molecule has 0 spiro atoms. The summed E-state index contributed by atoms with van der Waals surface area (Å²) >= 11 is 0. The molecule has 0 radical (unpaired) electrons. The summed E-state index contributed by atoms with van der Waals surface area (Å²) < 4.78 is 18.3. The van der Waals surface area contributed by atoms with Crippen LogP contribution in [0.5, 0.6) is 5.75 Å². The zero-order valence-electron chi connectivity index (χ0n) is 11.2. The molecule has 2 aromatic rings. The van der Waals surface area contributed by atoms with E-state index in [2.05, 4.69) is 5.32 Å². The Balaban J connectivity index is 1.93. The highest BCUT2D eigenvalue weighted by Gasteiger charge is 1.99. The number of aryl methyl sites for hydroxylation is 1. The molecule has 0 saturated carbocycles. The molecule has 102 valence electrons. The predicted octanol–water partition coefficient (Wildman–Crippen LogP) is 3.65. The van der Waals surface area contributed by atoms with E-state index in [1.807, 2.05) is 30.3 Å². The monoisotopic (exact) mass is 270 g/mol. The van der Waals surface area contributed by atoms with Crippen molar-refractivity contribution in [2.24, 2.45) is 0 Å². The minimum Gasteiger partial charge on any atom is -0.479 e. The van der Waals surface area contributed by atoms with Crippen LogP contribution in [0, 0.1) is 24.1 Å². The first kappa shape index (κ1) is 13.9. The van der Waals surface area contributed by atoms with Crippen LogP contribution in [-0.4, -0.2) is 6.61 Å². The van der Waals surface area contributed by atoms with Gasteiger partial charge in [-0.3, -0.25) is 0 Å². The molecule has 2 rings (SSSR count). The summed E-state index contributed by atoms with van der Waals surface area (Å²) in [5.74, 6) is 0.475. The molecule has 3 nitrogen and oxygen atoms in total. The van der Waals surface area contributed by atoms with Gasteiger partial charge >= 0.3 is 0 Å². The van der Waals surface area contributed by atoms with Gasteiger partial charge in [-0.05, 0) is 48.4 Å². The molecule has 0 aliphatic rings. The Bertz CT molecular complexity index is 617. The maximum Gasteiger partial charge on any atom is 0.174 e. The van der Waals surface area contributed by atoms with Gasteiger partial charge in [0.25, 0.3) is 0 Å². The molecule has 0 saturated heterocycles. The zero-order valence-corrected chi connectivity index (χ0v) is 11.2. The van der Waals surface area contributed by atoms with Gasteiger partial charge in [-0.25, -0.2) is 4.39 Å². The number of nitriles is 1. The molecule has 0 unspecified atom stereocenters. The zero-order chi connectivity index (χ0) is 14.4. The van der Waals surface area contributed by atoms with Crippen molar-refractivity contribution < 1.29 is 9.13 Å². The van der Waals surface area contributed by atoms with E-state index in [1.54, 1.807) is 19.1 Å². The molecule has 2 aromatic carbocycles. The summed E-state index contributed by atoms with van der Waals surface area (Å²) in [5.41, 5.74) is 2.58. The van der Waals surface area contributed by atoms with E-state index in [0.717, 1.165) is 11.3 Å². The summed E-state index contributed by atoms with van der Waals surface area (Å²) in [5, 5.41) is 11.7. The predicted molar refractivity (Wildman–Crippen MR) is 76.0 cm³/mol. The summed E-state index contributed by atoms with van der Waals surface area (Å²) in [7, 11) is 0. The molecule has 0 fully saturated rings. The van der Waals surface area contributed by atoms with Crippen LogP contribution in [0.2, 0.25) is 0 Å². The van der Waals surface area contributed by atoms with Crippen molar-refractivity contribution in [3.05, 3.63) is 59.4 Å². The van der Waals surface area contributed by atoms with E-state index in [9.17, 15) is 4.39 Å². The largest absolute Gasteiger partial charge is 0.479 e. The number of hydrogen-bond donors (Lipinski definition) is 1. The van der Waals surface area contributed by atoms with Crippen molar-refractivity contribution >= 4 is 5.69 Å². The highest BCUT2D eigenvalue weighted by Crippen LogP contribution is 2.16. The van der Waals surface area contributed by atoms with Crippen molar-refractivity contribution in [3.8, 4) is 11.8 Å². The molecule has 0 aromatic heterocycles. The third kappa shape index (κ3) is 3.72. The molecule has 0 aliphatic heterocycles. The average Bonchev–Trinajstić information content (AvgIpc) is 2.47. The second-order valence-corrected chi connectivity index (χ2v) is 4.41. The van der Waals surface area contributed by atoms with Gasteiger partial charge in [-0.15, -0.1) is 0 Å². The third-order valence-corrected chi connectivity index (χ3v) is 2.88. The molecule has 0 amide bonds. The Morgan fingerprint density at radius 1 is 1.20 bits per heavy atom. The van der Waals surface area contributed by atoms with Crippen molar-refractivity contribution in [2.45, 2.75) is 13.5 Å². The van der Waals surface area contributed by atoms with E-state index < -0.39 is 0 Å². The fraction of sp³-hybridized carbons (Fsp3) is 0.188. The number of benzene rings is 2. The summed E-state index contributed by atoms with van der Waals surface area (Å²) in [6.07, 6.45) is 0. The molecule has 0 heterocycles. The first-order valence-corrected chi connectivity index (χ1v) is 6.28. The van der Waals surface area contributed by atoms with Crippen LogP contribution in [0.3, 0.4) is 0 Å². The summed E-state index contributed by atoms with van der Waals surface area (Å²) in [6, 6.07) is 14.4. The maximum absolute atomic E-state index is 13.1. The maximum atomic E-state index is 13.1. The highest BCUT2D eigenvalue weighted by molar-refractivity contribution is 5.46. The van der Waals surface area contributed by atoms with Gasteiger partial charge in [-0.1, -0.05) is 12.1 Å². The molecular weight excluding hydrogens is 255 g/mol. The van der Waals surface area contributed by atoms with Crippen molar-refractivity contribution in [1.82, 2.24) is 0 Å². The Kier molecular flexibility index (Phi) is 4.56. The minimum atomic E-state index is -0.199. The van der Waals surface area contributed by atoms with Gasteiger partial charge < -0.3 is 10.1 Å². The number of nitrogens with one attached hydrogen (secondary N) is 1. The Hall–Kier alpha value is -2.54. The Morgan fingerprint density at radius 2 is 1.95 bits per heavy atom. The lowest BCUT2D eigenvalue weighted by Gasteiger charge is -2.08.